The summed E-state index contributed by atoms with van der Waals surface area (Å²) in [6.07, 6.45) is 8.04. The van der Waals surface area contributed by atoms with E-state index in [0.717, 1.165) is 22.3 Å². The summed E-state index contributed by atoms with van der Waals surface area (Å²) in [7, 11) is 0. The van der Waals surface area contributed by atoms with E-state index in [9.17, 15) is 19.8 Å². The number of rotatable bonds is 10. The van der Waals surface area contributed by atoms with Crippen LogP contribution in [0.5, 0.6) is 5.75 Å². The van der Waals surface area contributed by atoms with Crippen molar-refractivity contribution in [2.75, 3.05) is 0 Å². The van der Waals surface area contributed by atoms with Crippen LogP contribution in [0.1, 0.15) is 100.0 Å². The van der Waals surface area contributed by atoms with Gasteiger partial charge in [0, 0.05) is 5.56 Å². The molecule has 43 heavy (non-hydrogen) atoms. The molecule has 2 aliphatic carbocycles. The van der Waals surface area contributed by atoms with Crippen LogP contribution in [0, 0.1) is 28.1 Å². The second kappa shape index (κ2) is 12.6. The molecule has 2 bridgehead atoms. The lowest BCUT2D eigenvalue weighted by atomic mass is 9.38. The second-order valence-electron chi connectivity index (χ2n) is 14.1. The number of carbonyl (C=O) groups excluding carboxylic acids is 3. The Balaban J connectivity index is 2.46. The van der Waals surface area contributed by atoms with E-state index in [0.29, 0.717) is 12.8 Å². The quantitative estimate of drug-likeness (QED) is 0.0938. The average Bonchev–Trinajstić information content (AvgIpc) is 2.90. The topological polar surface area (TPSA) is 91.7 Å². The third-order valence-electron chi connectivity index (χ3n) is 9.90. The van der Waals surface area contributed by atoms with Gasteiger partial charge >= 0.3 is 0 Å². The van der Waals surface area contributed by atoms with Gasteiger partial charge in [-0.1, -0.05) is 73.1 Å². The summed E-state index contributed by atoms with van der Waals surface area (Å²) >= 11 is 0. The smallest absolute Gasteiger partial charge is 0.184 e. The molecule has 3 rings (SSSR count). The van der Waals surface area contributed by atoms with Crippen molar-refractivity contribution in [1.29, 1.82) is 0 Å². The number of hydrogen-bond acceptors (Lipinski definition) is 5. The molecular formula is C38H50O5. The monoisotopic (exact) mass is 586 g/mol. The van der Waals surface area contributed by atoms with E-state index in [1.165, 1.54) is 12.1 Å². The van der Waals surface area contributed by atoms with E-state index in [1.54, 1.807) is 12.1 Å². The predicted molar refractivity (Wildman–Crippen MR) is 174 cm³/mol. The largest absolute Gasteiger partial charge is 0.508 e. The van der Waals surface area contributed by atoms with Gasteiger partial charge in [0.1, 0.15) is 22.5 Å². The van der Waals surface area contributed by atoms with Crippen molar-refractivity contribution in [2.45, 2.75) is 94.4 Å². The summed E-state index contributed by atoms with van der Waals surface area (Å²) in [5.41, 5.74) is 0.0240. The highest BCUT2D eigenvalue weighted by molar-refractivity contribution is 6.41. The van der Waals surface area contributed by atoms with Gasteiger partial charge in [0.05, 0.1) is 5.41 Å². The molecule has 0 aliphatic heterocycles. The Kier molecular flexibility index (Phi) is 10.0. The second-order valence-corrected chi connectivity index (χ2v) is 14.1. The first-order valence-corrected chi connectivity index (χ1v) is 15.3. The number of phenols is 1. The van der Waals surface area contributed by atoms with Crippen LogP contribution in [0.4, 0.5) is 0 Å². The summed E-state index contributed by atoms with van der Waals surface area (Å²) in [5.74, 6) is -2.47. The molecule has 4 unspecified atom stereocenters. The molecule has 5 heteroatoms. The Morgan fingerprint density at radius 3 is 2.09 bits per heavy atom. The highest BCUT2D eigenvalue weighted by atomic mass is 16.3. The van der Waals surface area contributed by atoms with Crippen molar-refractivity contribution in [3.63, 3.8) is 0 Å². The van der Waals surface area contributed by atoms with E-state index in [-0.39, 0.29) is 53.8 Å². The maximum absolute atomic E-state index is 15.2. The summed E-state index contributed by atoms with van der Waals surface area (Å²) in [4.78, 5) is 44.9. The zero-order chi connectivity index (χ0) is 32.5. The van der Waals surface area contributed by atoms with E-state index in [2.05, 4.69) is 18.7 Å². The van der Waals surface area contributed by atoms with Crippen LogP contribution in [0.25, 0.3) is 5.76 Å². The third kappa shape index (κ3) is 6.14. The Morgan fingerprint density at radius 2 is 1.56 bits per heavy atom. The predicted octanol–water partition coefficient (Wildman–Crippen LogP) is 9.05. The molecule has 0 heterocycles. The molecule has 0 radical (unpaired) electrons. The van der Waals surface area contributed by atoms with Gasteiger partial charge in [0.2, 0.25) is 0 Å². The number of benzene rings is 1. The van der Waals surface area contributed by atoms with Crippen molar-refractivity contribution in [3.8, 4) is 5.75 Å². The molecule has 2 N–H and O–H groups in total. The third-order valence-corrected chi connectivity index (χ3v) is 9.90. The van der Waals surface area contributed by atoms with Crippen molar-refractivity contribution in [2.24, 2.45) is 28.1 Å². The molecule has 1 aromatic carbocycles. The van der Waals surface area contributed by atoms with Gasteiger partial charge < -0.3 is 10.2 Å². The van der Waals surface area contributed by atoms with Gasteiger partial charge in [-0.15, -0.1) is 0 Å². The molecule has 2 aliphatic rings. The Hall–Kier alpha value is -3.47. The normalized spacial score (nSPS) is 26.3. The molecule has 4 atom stereocenters. The van der Waals surface area contributed by atoms with Crippen LogP contribution in [0.15, 0.2) is 76.9 Å². The van der Waals surface area contributed by atoms with Gasteiger partial charge in [0.25, 0.3) is 0 Å². The minimum absolute atomic E-state index is 0.100. The number of phenolic OH excluding ortho intramolecular Hbond substituents is 1. The van der Waals surface area contributed by atoms with E-state index in [4.69, 9.17) is 0 Å². The molecule has 0 spiro atoms. The highest BCUT2D eigenvalue weighted by Crippen LogP contribution is 2.66. The number of carbonyl (C=O) groups is 3. The number of allylic oxidation sites excluding steroid dienone is 8. The first-order chi connectivity index (χ1) is 19.9. The fourth-order valence-electron chi connectivity index (χ4n) is 7.07. The summed E-state index contributed by atoms with van der Waals surface area (Å²) in [6, 6.07) is 5.90. The number of aromatic hydroxyl groups is 1. The average molecular weight is 587 g/mol. The summed E-state index contributed by atoms with van der Waals surface area (Å²) < 4.78 is 0. The summed E-state index contributed by atoms with van der Waals surface area (Å²) in [5, 5.41) is 21.8. The Morgan fingerprint density at radius 1 is 0.953 bits per heavy atom. The minimum Gasteiger partial charge on any atom is -0.508 e. The Bertz CT molecular complexity index is 1440. The zero-order valence-electron chi connectivity index (χ0n) is 27.6. The molecule has 2 fully saturated rings. The van der Waals surface area contributed by atoms with Crippen LogP contribution < -0.4 is 0 Å². The molecule has 0 aromatic heterocycles. The van der Waals surface area contributed by atoms with E-state index < -0.39 is 33.6 Å². The van der Waals surface area contributed by atoms with Gasteiger partial charge in [0.15, 0.2) is 17.3 Å². The number of ketones is 3. The van der Waals surface area contributed by atoms with Crippen molar-refractivity contribution >= 4 is 23.1 Å². The molecular weight excluding hydrogens is 536 g/mol. The molecule has 0 saturated heterocycles. The molecule has 0 amide bonds. The minimum atomic E-state index is -1.56. The standard InChI is InChI=1S/C38H50O5/c1-23(2)14-16-28(26(7)8)21-37-22-29(17-15-24(3)4)36(9,10)38(35(37)43,19-18-25(5)6)34(42)31(33(37)41)32(40)27-12-11-13-30(39)20-27/h11-15,18,20,28-29,39-40H,7,16-17,19,21-22H2,1-6,8-10H3. The van der Waals surface area contributed by atoms with Crippen LogP contribution in [0.2, 0.25) is 0 Å². The first-order valence-electron chi connectivity index (χ1n) is 15.3. The lowest BCUT2D eigenvalue weighted by molar-refractivity contribution is -0.177. The first kappa shape index (κ1) is 34.0. The van der Waals surface area contributed by atoms with Gasteiger partial charge in [-0.25, -0.2) is 0 Å². The van der Waals surface area contributed by atoms with Crippen molar-refractivity contribution in [3.05, 3.63) is 82.5 Å². The van der Waals surface area contributed by atoms with Crippen LogP contribution in [0.3, 0.4) is 0 Å². The van der Waals surface area contributed by atoms with E-state index >= 15 is 4.79 Å². The van der Waals surface area contributed by atoms with Gasteiger partial charge in [-0.05, 0) is 110 Å². The fraction of sp³-hybridized carbons (Fsp3) is 0.500. The molecule has 2 saturated carbocycles. The lowest BCUT2D eigenvalue weighted by Crippen LogP contribution is -2.69. The molecule has 232 valence electrons. The van der Waals surface area contributed by atoms with E-state index in [1.807, 2.05) is 68.4 Å². The Labute approximate surface area is 258 Å². The fourth-order valence-corrected chi connectivity index (χ4v) is 7.07. The van der Waals surface area contributed by atoms with Gasteiger partial charge in [-0.2, -0.15) is 0 Å². The van der Waals surface area contributed by atoms with Crippen LogP contribution in [-0.2, 0) is 14.4 Å². The van der Waals surface area contributed by atoms with Gasteiger partial charge in [-0.3, -0.25) is 14.4 Å². The number of hydrogen-bond donors (Lipinski definition) is 2. The molecule has 5 nitrogen and oxygen atoms in total. The number of aliphatic hydroxyl groups excluding tert-OH is 1. The maximum Gasteiger partial charge on any atom is 0.184 e. The zero-order valence-corrected chi connectivity index (χ0v) is 27.6. The number of aliphatic hydroxyl groups is 1. The van der Waals surface area contributed by atoms with Crippen LogP contribution in [-0.4, -0.2) is 27.6 Å². The lowest BCUT2D eigenvalue weighted by Gasteiger charge is -2.60. The van der Waals surface area contributed by atoms with Crippen molar-refractivity contribution < 1.29 is 24.6 Å². The highest BCUT2D eigenvalue weighted by Gasteiger charge is 2.74. The maximum atomic E-state index is 15.2. The molecule has 1 aromatic rings. The summed E-state index contributed by atoms with van der Waals surface area (Å²) in [6.45, 7) is 22.1. The SMILES string of the molecule is C=C(C)C(CC=C(C)C)CC12CC(CC=C(C)C)C(C)(C)C(CC=C(C)C)(C(=O)C(=C(O)c3cccc(O)c3)C1=O)C2=O. The van der Waals surface area contributed by atoms with Crippen LogP contribution >= 0.6 is 0 Å². The number of fused-ring (bicyclic) bond motifs is 2. The van der Waals surface area contributed by atoms with Crippen molar-refractivity contribution in [1.82, 2.24) is 0 Å². The number of Topliss-reactive ketones (excluding diaryl/α,β-unsaturated/α-hetero) is 3.